The lowest BCUT2D eigenvalue weighted by Crippen LogP contribution is -2.20. The van der Waals surface area contributed by atoms with Crippen LogP contribution < -0.4 is 5.32 Å². The molecule has 166 valence electrons. The van der Waals surface area contributed by atoms with Gasteiger partial charge >= 0.3 is 5.97 Å². The van der Waals surface area contributed by atoms with Crippen LogP contribution in [0.15, 0.2) is 78.3 Å². The van der Waals surface area contributed by atoms with Gasteiger partial charge in [0.2, 0.25) is 0 Å². The van der Waals surface area contributed by atoms with Crippen molar-refractivity contribution in [2.45, 2.75) is 0 Å². The molecule has 1 N–H and O–H groups in total. The highest BCUT2D eigenvalue weighted by molar-refractivity contribution is 7.13. The zero-order valence-electron chi connectivity index (χ0n) is 17.1. The molecular formula is C24H17F2N3O3S. The summed E-state index contributed by atoms with van der Waals surface area (Å²) in [5.41, 5.74) is 2.04. The lowest BCUT2D eigenvalue weighted by molar-refractivity contribution is -0.142. The molecule has 1 amide bonds. The summed E-state index contributed by atoms with van der Waals surface area (Å²) < 4.78 is 33.2. The third-order valence-corrected chi connectivity index (χ3v) is 5.34. The number of nitrogens with one attached hydrogen (secondary N) is 1. The van der Waals surface area contributed by atoms with Crippen molar-refractivity contribution in [3.05, 3.63) is 95.5 Å². The first-order valence-electron chi connectivity index (χ1n) is 9.78. The summed E-state index contributed by atoms with van der Waals surface area (Å²) in [4.78, 5) is 25.0. The van der Waals surface area contributed by atoms with Gasteiger partial charge in [0.1, 0.15) is 17.3 Å². The van der Waals surface area contributed by atoms with Gasteiger partial charge in [-0.2, -0.15) is 5.10 Å². The van der Waals surface area contributed by atoms with E-state index < -0.39 is 30.1 Å². The Bertz CT molecular complexity index is 1300. The number of benzene rings is 2. The number of anilines is 1. The Labute approximate surface area is 191 Å². The van der Waals surface area contributed by atoms with Crippen LogP contribution in [-0.2, 0) is 14.3 Å². The van der Waals surface area contributed by atoms with Crippen LogP contribution in [0.25, 0.3) is 22.3 Å². The zero-order chi connectivity index (χ0) is 23.2. The summed E-state index contributed by atoms with van der Waals surface area (Å²) in [5, 5.41) is 8.79. The van der Waals surface area contributed by atoms with Gasteiger partial charge in [-0.1, -0.05) is 24.3 Å². The van der Waals surface area contributed by atoms with Crippen molar-refractivity contribution in [1.29, 1.82) is 0 Å². The second-order valence-corrected chi connectivity index (χ2v) is 7.75. The van der Waals surface area contributed by atoms with Crippen molar-refractivity contribution in [1.82, 2.24) is 9.78 Å². The van der Waals surface area contributed by atoms with Crippen LogP contribution in [0.4, 0.5) is 14.5 Å². The molecule has 2 aromatic heterocycles. The molecule has 0 saturated heterocycles. The standard InChI is InChI=1S/C24H17F2N3O3S/c25-17-9-10-20(19(26)13-17)27-22(30)15-32-23(31)11-8-16-14-29(18-5-2-1-3-6-18)28-24(16)21-7-4-12-33-21/h1-14H,15H2,(H,27,30). The molecule has 0 fully saturated rings. The average Bonchev–Trinajstić information content (AvgIpc) is 3.49. The Hall–Kier alpha value is -4.11. The topological polar surface area (TPSA) is 73.2 Å². The van der Waals surface area contributed by atoms with E-state index in [4.69, 9.17) is 4.74 Å². The van der Waals surface area contributed by atoms with Crippen molar-refractivity contribution in [3.63, 3.8) is 0 Å². The number of ether oxygens (including phenoxy) is 1. The fraction of sp³-hybridized carbons (Fsp3) is 0.0417. The van der Waals surface area contributed by atoms with Crippen molar-refractivity contribution in [2.75, 3.05) is 11.9 Å². The average molecular weight is 465 g/mol. The summed E-state index contributed by atoms with van der Waals surface area (Å²) in [5.74, 6) is -3.20. The predicted octanol–water partition coefficient (Wildman–Crippen LogP) is 5.07. The van der Waals surface area contributed by atoms with Crippen LogP contribution >= 0.6 is 11.3 Å². The molecule has 0 atom stereocenters. The molecule has 4 aromatic rings. The fourth-order valence-electron chi connectivity index (χ4n) is 2.95. The molecule has 9 heteroatoms. The molecule has 0 aliphatic heterocycles. The third-order valence-electron chi connectivity index (χ3n) is 4.47. The highest BCUT2D eigenvalue weighted by Gasteiger charge is 2.13. The van der Waals surface area contributed by atoms with Gasteiger partial charge in [0.25, 0.3) is 5.91 Å². The normalized spacial score (nSPS) is 11.0. The molecule has 0 bridgehead atoms. The molecule has 0 aliphatic rings. The fourth-order valence-corrected chi connectivity index (χ4v) is 3.68. The van der Waals surface area contributed by atoms with E-state index in [1.54, 1.807) is 17.0 Å². The highest BCUT2D eigenvalue weighted by Crippen LogP contribution is 2.28. The molecule has 4 rings (SSSR count). The number of nitrogens with zero attached hydrogens (tertiary/aromatic N) is 2. The van der Waals surface area contributed by atoms with Crippen LogP contribution in [0.3, 0.4) is 0 Å². The summed E-state index contributed by atoms with van der Waals surface area (Å²) in [7, 11) is 0. The number of halogens is 2. The summed E-state index contributed by atoms with van der Waals surface area (Å²) in [6.45, 7) is -0.624. The Balaban J connectivity index is 1.43. The Kier molecular flexibility index (Phi) is 6.70. The number of hydrogen-bond donors (Lipinski definition) is 1. The monoisotopic (exact) mass is 465 g/mol. The number of amides is 1. The van der Waals surface area contributed by atoms with Gasteiger partial charge in [0.15, 0.2) is 6.61 Å². The van der Waals surface area contributed by atoms with Gasteiger partial charge in [0.05, 0.1) is 16.3 Å². The maximum Gasteiger partial charge on any atom is 0.331 e. The Morgan fingerprint density at radius 1 is 1.09 bits per heavy atom. The van der Waals surface area contributed by atoms with E-state index in [1.807, 2.05) is 47.8 Å². The van der Waals surface area contributed by atoms with Crippen LogP contribution in [0, 0.1) is 11.6 Å². The van der Waals surface area contributed by atoms with Gasteiger partial charge in [-0.25, -0.2) is 18.3 Å². The largest absolute Gasteiger partial charge is 0.452 e. The molecular weight excluding hydrogens is 448 g/mol. The number of aromatic nitrogens is 2. The molecule has 0 aliphatic carbocycles. The van der Waals surface area contributed by atoms with E-state index in [0.29, 0.717) is 17.3 Å². The highest BCUT2D eigenvalue weighted by atomic mass is 32.1. The number of carbonyl (C=O) groups excluding carboxylic acids is 2. The predicted molar refractivity (Wildman–Crippen MR) is 122 cm³/mol. The molecule has 0 radical (unpaired) electrons. The van der Waals surface area contributed by atoms with E-state index in [1.165, 1.54) is 17.4 Å². The second kappa shape index (κ2) is 10.0. The summed E-state index contributed by atoms with van der Waals surface area (Å²) in [6, 6.07) is 16.1. The molecule has 0 spiro atoms. The first kappa shape index (κ1) is 22.1. The number of esters is 1. The van der Waals surface area contributed by atoms with E-state index >= 15 is 0 Å². The van der Waals surface area contributed by atoms with Crippen molar-refractivity contribution >= 4 is 35.0 Å². The third kappa shape index (κ3) is 5.58. The number of rotatable bonds is 7. The van der Waals surface area contributed by atoms with Crippen LogP contribution in [0.1, 0.15) is 5.56 Å². The van der Waals surface area contributed by atoms with Crippen molar-refractivity contribution in [2.24, 2.45) is 0 Å². The van der Waals surface area contributed by atoms with E-state index in [0.717, 1.165) is 22.7 Å². The van der Waals surface area contributed by atoms with Gasteiger partial charge in [-0.15, -0.1) is 11.3 Å². The minimum atomic E-state index is -0.925. The minimum Gasteiger partial charge on any atom is -0.452 e. The molecule has 6 nitrogen and oxygen atoms in total. The second-order valence-electron chi connectivity index (χ2n) is 6.80. The number of para-hydroxylation sites is 1. The van der Waals surface area contributed by atoms with E-state index in [2.05, 4.69) is 10.4 Å². The quantitative estimate of drug-likeness (QED) is 0.305. The Morgan fingerprint density at radius 2 is 1.91 bits per heavy atom. The first-order valence-corrected chi connectivity index (χ1v) is 10.7. The number of hydrogen-bond acceptors (Lipinski definition) is 5. The molecule has 0 saturated carbocycles. The molecule has 2 aromatic carbocycles. The van der Waals surface area contributed by atoms with Crippen molar-refractivity contribution in [3.8, 4) is 16.3 Å². The van der Waals surface area contributed by atoms with Crippen LogP contribution in [0.2, 0.25) is 0 Å². The maximum atomic E-state index is 13.6. The SMILES string of the molecule is O=C(COC(=O)C=Cc1cn(-c2ccccc2)nc1-c1cccs1)Nc1ccc(F)cc1F. The van der Waals surface area contributed by atoms with E-state index in [-0.39, 0.29) is 5.69 Å². The number of thiophene rings is 1. The van der Waals surface area contributed by atoms with E-state index in [9.17, 15) is 18.4 Å². The van der Waals surface area contributed by atoms with Gasteiger partial charge in [-0.05, 0) is 41.8 Å². The van der Waals surface area contributed by atoms with Gasteiger partial charge in [0, 0.05) is 23.9 Å². The van der Waals surface area contributed by atoms with Crippen LogP contribution in [0.5, 0.6) is 0 Å². The smallest absolute Gasteiger partial charge is 0.331 e. The molecule has 2 heterocycles. The van der Waals surface area contributed by atoms with Gasteiger partial charge < -0.3 is 10.1 Å². The van der Waals surface area contributed by atoms with Crippen LogP contribution in [-0.4, -0.2) is 28.3 Å². The lowest BCUT2D eigenvalue weighted by Gasteiger charge is -2.06. The number of carbonyl (C=O) groups is 2. The summed E-state index contributed by atoms with van der Waals surface area (Å²) >= 11 is 1.52. The maximum absolute atomic E-state index is 13.6. The Morgan fingerprint density at radius 3 is 2.64 bits per heavy atom. The summed E-state index contributed by atoms with van der Waals surface area (Å²) in [6.07, 6.45) is 4.54. The van der Waals surface area contributed by atoms with Crippen molar-refractivity contribution < 1.29 is 23.1 Å². The minimum absolute atomic E-state index is 0.207. The van der Waals surface area contributed by atoms with Gasteiger partial charge in [-0.3, -0.25) is 4.79 Å². The molecule has 33 heavy (non-hydrogen) atoms. The lowest BCUT2D eigenvalue weighted by atomic mass is 10.2. The molecule has 0 unspecified atom stereocenters. The first-order chi connectivity index (χ1) is 16.0. The zero-order valence-corrected chi connectivity index (χ0v) is 17.9.